The molecular weight excluding hydrogens is 276 g/mol. The molecule has 0 saturated carbocycles. The molecule has 1 aromatic carbocycles. The molecule has 0 aliphatic heterocycles. The molecule has 0 fully saturated rings. The van der Waals surface area contributed by atoms with Gasteiger partial charge in [-0.3, -0.25) is 0 Å². The van der Waals surface area contributed by atoms with Crippen molar-refractivity contribution in [2.24, 2.45) is 5.73 Å². The van der Waals surface area contributed by atoms with E-state index >= 15 is 0 Å². The van der Waals surface area contributed by atoms with Crippen LogP contribution < -0.4 is 10.5 Å². The van der Waals surface area contributed by atoms with E-state index in [2.05, 4.69) is 16.6 Å². The summed E-state index contributed by atoms with van der Waals surface area (Å²) in [6, 6.07) is 6.44. The van der Waals surface area contributed by atoms with Crippen molar-refractivity contribution >= 4 is 10.0 Å². The van der Waals surface area contributed by atoms with Crippen LogP contribution in [0.15, 0.2) is 29.2 Å². The molecule has 0 bridgehead atoms. The molecule has 0 spiro atoms. The summed E-state index contributed by atoms with van der Waals surface area (Å²) in [5.41, 5.74) is 5.91. The summed E-state index contributed by atoms with van der Waals surface area (Å²) < 4.78 is 31.9. The Hall–Kier alpha value is -1.39. The van der Waals surface area contributed by atoms with E-state index in [1.807, 2.05) is 13.8 Å². The van der Waals surface area contributed by atoms with E-state index in [4.69, 9.17) is 10.5 Å². The minimum atomic E-state index is -3.53. The zero-order valence-electron chi connectivity index (χ0n) is 11.7. The van der Waals surface area contributed by atoms with Crippen LogP contribution >= 0.6 is 0 Å². The highest BCUT2D eigenvalue weighted by molar-refractivity contribution is 7.89. The minimum Gasteiger partial charge on any atom is -0.377 e. The lowest BCUT2D eigenvalue weighted by Gasteiger charge is -2.09. The smallest absolute Gasteiger partial charge is 0.240 e. The average Bonchev–Trinajstić information content (AvgIpc) is 2.41. The molecule has 6 heteroatoms. The lowest BCUT2D eigenvalue weighted by molar-refractivity contribution is 0.0834. The summed E-state index contributed by atoms with van der Waals surface area (Å²) in [6.45, 7) is 4.60. The standard InChI is InChI=1S/C14H20N2O3S/c1-12(2)19-10-9-16-20(17,18)14-7-3-5-13(11-14)6-4-8-15/h3,5,7,11-12,16H,8-10,15H2,1-2H3. The average molecular weight is 296 g/mol. The Morgan fingerprint density at radius 3 is 2.80 bits per heavy atom. The van der Waals surface area contributed by atoms with Crippen LogP contribution in [0.2, 0.25) is 0 Å². The molecule has 20 heavy (non-hydrogen) atoms. The zero-order chi connectivity index (χ0) is 15.0. The van der Waals surface area contributed by atoms with Crippen LogP contribution in [0.5, 0.6) is 0 Å². The third-order valence-electron chi connectivity index (χ3n) is 2.32. The Labute approximate surface area is 120 Å². The summed E-state index contributed by atoms with van der Waals surface area (Å²) >= 11 is 0. The van der Waals surface area contributed by atoms with Gasteiger partial charge in [-0.1, -0.05) is 17.9 Å². The lowest BCUT2D eigenvalue weighted by atomic mass is 10.2. The van der Waals surface area contributed by atoms with Gasteiger partial charge >= 0.3 is 0 Å². The molecular formula is C14H20N2O3S. The Kier molecular flexibility index (Phi) is 6.68. The van der Waals surface area contributed by atoms with E-state index in [9.17, 15) is 8.42 Å². The van der Waals surface area contributed by atoms with Crippen LogP contribution in [0.25, 0.3) is 0 Å². The van der Waals surface area contributed by atoms with Crippen molar-refractivity contribution in [3.8, 4) is 11.8 Å². The molecule has 0 aromatic heterocycles. The Balaban J connectivity index is 2.72. The number of benzene rings is 1. The Morgan fingerprint density at radius 2 is 2.15 bits per heavy atom. The molecule has 0 unspecified atom stereocenters. The zero-order valence-corrected chi connectivity index (χ0v) is 12.5. The van der Waals surface area contributed by atoms with Crippen LogP contribution in [-0.4, -0.2) is 34.2 Å². The van der Waals surface area contributed by atoms with Gasteiger partial charge in [-0.05, 0) is 32.0 Å². The quantitative estimate of drug-likeness (QED) is 0.598. The summed E-state index contributed by atoms with van der Waals surface area (Å²) in [6.07, 6.45) is 0.0781. The van der Waals surface area contributed by atoms with Gasteiger partial charge in [0.05, 0.1) is 24.2 Å². The van der Waals surface area contributed by atoms with E-state index in [1.54, 1.807) is 12.1 Å². The van der Waals surface area contributed by atoms with Crippen molar-refractivity contribution in [1.29, 1.82) is 0 Å². The van der Waals surface area contributed by atoms with Gasteiger partial charge in [0.2, 0.25) is 10.0 Å². The first kappa shape index (κ1) is 16.7. The molecule has 0 amide bonds. The van der Waals surface area contributed by atoms with Crippen molar-refractivity contribution in [3.63, 3.8) is 0 Å². The van der Waals surface area contributed by atoms with Gasteiger partial charge in [0, 0.05) is 12.1 Å². The molecule has 0 radical (unpaired) electrons. The number of ether oxygens (including phenoxy) is 1. The normalized spacial score (nSPS) is 11.2. The lowest BCUT2D eigenvalue weighted by Crippen LogP contribution is -2.28. The van der Waals surface area contributed by atoms with Gasteiger partial charge in [0.1, 0.15) is 0 Å². The summed E-state index contributed by atoms with van der Waals surface area (Å²) in [5.74, 6) is 5.50. The summed E-state index contributed by atoms with van der Waals surface area (Å²) in [4.78, 5) is 0.186. The number of nitrogens with two attached hydrogens (primary N) is 1. The van der Waals surface area contributed by atoms with Crippen LogP contribution in [-0.2, 0) is 14.8 Å². The topological polar surface area (TPSA) is 81.4 Å². The first-order valence-electron chi connectivity index (χ1n) is 6.36. The van der Waals surface area contributed by atoms with Gasteiger partial charge in [0.15, 0.2) is 0 Å². The highest BCUT2D eigenvalue weighted by Crippen LogP contribution is 2.10. The second kappa shape index (κ2) is 8.02. The van der Waals surface area contributed by atoms with E-state index in [-0.39, 0.29) is 24.1 Å². The second-order valence-corrected chi connectivity index (χ2v) is 6.12. The maximum Gasteiger partial charge on any atom is 0.240 e. The van der Waals surface area contributed by atoms with Gasteiger partial charge < -0.3 is 10.5 Å². The van der Waals surface area contributed by atoms with Crippen LogP contribution in [0.3, 0.4) is 0 Å². The van der Waals surface area contributed by atoms with E-state index in [0.29, 0.717) is 12.2 Å². The number of nitrogens with one attached hydrogen (secondary N) is 1. The van der Waals surface area contributed by atoms with Crippen molar-refractivity contribution in [2.45, 2.75) is 24.8 Å². The predicted molar refractivity (Wildman–Crippen MR) is 78.7 cm³/mol. The van der Waals surface area contributed by atoms with Gasteiger partial charge in [-0.2, -0.15) is 0 Å². The molecule has 0 heterocycles. The molecule has 0 aliphatic rings. The number of rotatable bonds is 6. The third-order valence-corrected chi connectivity index (χ3v) is 3.78. The largest absolute Gasteiger partial charge is 0.377 e. The maximum atomic E-state index is 12.1. The second-order valence-electron chi connectivity index (χ2n) is 4.35. The highest BCUT2D eigenvalue weighted by Gasteiger charge is 2.13. The number of sulfonamides is 1. The maximum absolute atomic E-state index is 12.1. The fourth-order valence-corrected chi connectivity index (χ4v) is 2.51. The first-order valence-corrected chi connectivity index (χ1v) is 7.84. The molecule has 3 N–H and O–H groups in total. The molecule has 0 atom stereocenters. The van der Waals surface area contributed by atoms with E-state index in [1.165, 1.54) is 12.1 Å². The molecule has 110 valence electrons. The summed E-state index contributed by atoms with van der Waals surface area (Å²) in [5, 5.41) is 0. The highest BCUT2D eigenvalue weighted by atomic mass is 32.2. The molecule has 1 aromatic rings. The fraction of sp³-hybridized carbons (Fsp3) is 0.429. The van der Waals surface area contributed by atoms with Crippen molar-refractivity contribution in [1.82, 2.24) is 4.72 Å². The monoisotopic (exact) mass is 296 g/mol. The van der Waals surface area contributed by atoms with Crippen molar-refractivity contribution in [2.75, 3.05) is 19.7 Å². The van der Waals surface area contributed by atoms with E-state index in [0.717, 1.165) is 0 Å². The molecule has 5 nitrogen and oxygen atoms in total. The minimum absolute atomic E-state index is 0.0781. The van der Waals surface area contributed by atoms with Crippen LogP contribution in [0.1, 0.15) is 19.4 Å². The predicted octanol–water partition coefficient (Wildman–Crippen LogP) is 0.700. The van der Waals surface area contributed by atoms with E-state index < -0.39 is 10.0 Å². The van der Waals surface area contributed by atoms with Crippen LogP contribution in [0.4, 0.5) is 0 Å². The van der Waals surface area contributed by atoms with Crippen LogP contribution in [0, 0.1) is 11.8 Å². The van der Waals surface area contributed by atoms with Gasteiger partial charge in [-0.15, -0.1) is 0 Å². The van der Waals surface area contributed by atoms with Gasteiger partial charge in [0.25, 0.3) is 0 Å². The van der Waals surface area contributed by atoms with Crippen molar-refractivity contribution in [3.05, 3.63) is 29.8 Å². The van der Waals surface area contributed by atoms with Crippen molar-refractivity contribution < 1.29 is 13.2 Å². The summed E-state index contributed by atoms with van der Waals surface area (Å²) in [7, 11) is -3.53. The molecule has 1 rings (SSSR count). The number of hydrogen-bond donors (Lipinski definition) is 2. The fourth-order valence-electron chi connectivity index (χ4n) is 1.45. The third kappa shape index (κ3) is 5.72. The SMILES string of the molecule is CC(C)OCCNS(=O)(=O)c1cccc(C#CCN)c1. The molecule has 0 saturated heterocycles. The van der Waals surface area contributed by atoms with Gasteiger partial charge in [-0.25, -0.2) is 13.1 Å². The molecule has 0 aliphatic carbocycles. The Bertz CT molecular complexity index is 586. The first-order chi connectivity index (χ1) is 9.45. The Morgan fingerprint density at radius 1 is 1.40 bits per heavy atom. The number of hydrogen-bond acceptors (Lipinski definition) is 4.